The van der Waals surface area contributed by atoms with E-state index in [0.29, 0.717) is 30.1 Å². The molecule has 3 heteroatoms. The van der Waals surface area contributed by atoms with Crippen LogP contribution in [0.3, 0.4) is 0 Å². The molecule has 0 aromatic rings. The lowest BCUT2D eigenvalue weighted by Gasteiger charge is -2.44. The molecule has 0 unspecified atom stereocenters. The SMILES string of the molecule is C=C1/C(=C\C=C2/CCC[C@]3(C)[C@@H]([C@H](C)CC#C[Si](C)(C)C)CC[C@@H]23)C[C@@H](O)C[C@@H]1O. The van der Waals surface area contributed by atoms with Gasteiger partial charge in [0.2, 0.25) is 0 Å². The minimum atomic E-state index is -1.29. The summed E-state index contributed by atoms with van der Waals surface area (Å²) in [6.45, 7) is 16.0. The van der Waals surface area contributed by atoms with Crippen LogP contribution in [-0.2, 0) is 0 Å². The van der Waals surface area contributed by atoms with Gasteiger partial charge in [0.25, 0.3) is 0 Å². The highest BCUT2D eigenvalue weighted by molar-refractivity contribution is 6.83. The molecule has 0 heterocycles. The molecule has 2 N–H and O–H groups in total. The van der Waals surface area contributed by atoms with Crippen molar-refractivity contribution in [1.29, 1.82) is 0 Å². The van der Waals surface area contributed by atoms with Crippen LogP contribution in [0.5, 0.6) is 0 Å². The van der Waals surface area contributed by atoms with Crippen molar-refractivity contribution in [2.75, 3.05) is 0 Å². The lowest BCUT2D eigenvalue weighted by Crippen LogP contribution is -2.36. The van der Waals surface area contributed by atoms with E-state index in [-0.39, 0.29) is 0 Å². The highest BCUT2D eigenvalue weighted by Crippen LogP contribution is 2.59. The van der Waals surface area contributed by atoms with E-state index in [4.69, 9.17) is 0 Å². The smallest absolute Gasteiger partial charge is 0.129 e. The first-order valence-corrected chi connectivity index (χ1v) is 15.5. The minimum absolute atomic E-state index is 0.380. The highest BCUT2D eigenvalue weighted by Gasteiger charge is 2.50. The maximum Gasteiger partial charge on any atom is 0.129 e. The normalized spacial score (nSPS) is 38.3. The summed E-state index contributed by atoms with van der Waals surface area (Å²) < 4.78 is 0. The van der Waals surface area contributed by atoms with E-state index >= 15 is 0 Å². The van der Waals surface area contributed by atoms with Crippen molar-refractivity contribution in [2.24, 2.45) is 23.2 Å². The Morgan fingerprint density at radius 3 is 2.67 bits per heavy atom. The fraction of sp³-hybridized carbons (Fsp3) is 0.704. The molecule has 30 heavy (non-hydrogen) atoms. The largest absolute Gasteiger partial charge is 0.393 e. The third-order valence-electron chi connectivity index (χ3n) is 7.88. The summed E-state index contributed by atoms with van der Waals surface area (Å²) in [4.78, 5) is 0. The van der Waals surface area contributed by atoms with E-state index in [9.17, 15) is 10.2 Å². The van der Waals surface area contributed by atoms with Crippen molar-refractivity contribution in [3.05, 3.63) is 35.5 Å². The molecule has 3 aliphatic rings. The van der Waals surface area contributed by atoms with E-state index in [1.807, 2.05) is 0 Å². The van der Waals surface area contributed by atoms with Crippen LogP contribution in [-0.4, -0.2) is 30.5 Å². The van der Waals surface area contributed by atoms with Gasteiger partial charge in [-0.15, -0.1) is 11.5 Å². The Labute approximate surface area is 185 Å². The van der Waals surface area contributed by atoms with Crippen LogP contribution in [0, 0.1) is 34.6 Å². The van der Waals surface area contributed by atoms with Crippen molar-refractivity contribution in [2.45, 2.75) is 97.1 Å². The molecule has 3 saturated carbocycles. The predicted octanol–water partition coefficient (Wildman–Crippen LogP) is 6.03. The number of aliphatic hydroxyl groups excluding tert-OH is 2. The average molecular weight is 427 g/mol. The Morgan fingerprint density at radius 2 is 1.97 bits per heavy atom. The van der Waals surface area contributed by atoms with E-state index in [0.717, 1.165) is 23.5 Å². The molecule has 0 aliphatic heterocycles. The topological polar surface area (TPSA) is 40.5 Å². The summed E-state index contributed by atoms with van der Waals surface area (Å²) in [7, 11) is -1.29. The third kappa shape index (κ3) is 5.21. The summed E-state index contributed by atoms with van der Waals surface area (Å²) in [5.74, 6) is 5.61. The molecular weight excluding hydrogens is 384 g/mol. The van der Waals surface area contributed by atoms with E-state index in [1.165, 1.54) is 32.1 Å². The van der Waals surface area contributed by atoms with Crippen molar-refractivity contribution in [3.8, 4) is 11.5 Å². The number of rotatable bonds is 3. The monoisotopic (exact) mass is 426 g/mol. The zero-order valence-corrected chi connectivity index (χ0v) is 20.8. The summed E-state index contributed by atoms with van der Waals surface area (Å²) in [6.07, 6.45) is 11.8. The maximum atomic E-state index is 10.1. The van der Waals surface area contributed by atoms with Gasteiger partial charge in [-0.1, -0.05) is 57.8 Å². The quantitative estimate of drug-likeness (QED) is 0.427. The number of allylic oxidation sites excluding steroid dienone is 3. The summed E-state index contributed by atoms with van der Waals surface area (Å²) >= 11 is 0. The van der Waals surface area contributed by atoms with Crippen LogP contribution in [0.4, 0.5) is 0 Å². The van der Waals surface area contributed by atoms with Gasteiger partial charge in [-0.3, -0.25) is 0 Å². The molecule has 0 spiro atoms. The molecule has 0 aromatic heterocycles. The average Bonchev–Trinajstić information content (AvgIpc) is 3.00. The second-order valence-corrected chi connectivity index (χ2v) is 16.1. The van der Waals surface area contributed by atoms with Crippen LogP contribution in [0.1, 0.15) is 65.2 Å². The van der Waals surface area contributed by atoms with Gasteiger partial charge in [0.15, 0.2) is 0 Å². The number of hydrogen-bond acceptors (Lipinski definition) is 2. The molecule has 0 radical (unpaired) electrons. The van der Waals surface area contributed by atoms with Gasteiger partial charge in [0.05, 0.1) is 12.2 Å². The molecule has 166 valence electrons. The summed E-state index contributed by atoms with van der Waals surface area (Å²) in [5.41, 5.74) is 7.32. The first kappa shape index (κ1) is 23.6. The van der Waals surface area contributed by atoms with Crippen molar-refractivity contribution >= 4 is 8.07 Å². The van der Waals surface area contributed by atoms with Crippen molar-refractivity contribution in [3.63, 3.8) is 0 Å². The fourth-order valence-electron chi connectivity index (χ4n) is 6.30. The molecule has 0 aromatic carbocycles. The van der Waals surface area contributed by atoms with Crippen LogP contribution in [0.25, 0.3) is 0 Å². The van der Waals surface area contributed by atoms with Crippen LogP contribution in [0.2, 0.25) is 19.6 Å². The minimum Gasteiger partial charge on any atom is -0.393 e. The second-order valence-electron chi connectivity index (χ2n) is 11.4. The van der Waals surface area contributed by atoms with Gasteiger partial charge >= 0.3 is 0 Å². The van der Waals surface area contributed by atoms with E-state index in [1.54, 1.807) is 5.57 Å². The van der Waals surface area contributed by atoms with E-state index in [2.05, 4.69) is 63.7 Å². The first-order chi connectivity index (χ1) is 14.0. The Kier molecular flexibility index (Phi) is 7.22. The molecule has 0 amide bonds. The Balaban J connectivity index is 1.75. The van der Waals surface area contributed by atoms with Crippen LogP contribution < -0.4 is 0 Å². The van der Waals surface area contributed by atoms with Gasteiger partial charge in [0.1, 0.15) is 8.07 Å². The number of aliphatic hydroxyl groups is 2. The van der Waals surface area contributed by atoms with Crippen LogP contribution >= 0.6 is 0 Å². The lowest BCUT2D eigenvalue weighted by atomic mass is 9.61. The zero-order chi connectivity index (χ0) is 22.1. The third-order valence-corrected chi connectivity index (χ3v) is 8.80. The Hall–Kier alpha value is -1.08. The standard InChI is InChI=1S/C27H42O2Si/c1-19(9-8-16-30(4,5)6)24-13-14-25-21(10-7-15-27(24,25)3)11-12-22-17-23(28)18-26(29)20(22)2/h11-12,19,23-26,28-29H,2,7,9-10,13-15,17-18H2,1,3-6H3/b21-11+,22-12-/t19-,23-,24-,25+,26+,27-/m1/s1. The molecule has 0 bridgehead atoms. The Bertz CT molecular complexity index is 775. The highest BCUT2D eigenvalue weighted by atomic mass is 28.3. The first-order valence-electron chi connectivity index (χ1n) is 12.0. The van der Waals surface area contributed by atoms with Crippen LogP contribution in [0.15, 0.2) is 35.5 Å². The molecule has 3 aliphatic carbocycles. The number of hydrogen-bond donors (Lipinski definition) is 2. The Morgan fingerprint density at radius 1 is 1.23 bits per heavy atom. The van der Waals surface area contributed by atoms with Gasteiger partial charge in [0, 0.05) is 12.8 Å². The molecule has 6 atom stereocenters. The fourth-order valence-corrected chi connectivity index (χ4v) is 6.93. The molecular formula is C27H42O2Si. The van der Waals surface area contributed by atoms with Gasteiger partial charge in [-0.05, 0) is 72.8 Å². The molecule has 0 saturated heterocycles. The molecule has 2 nitrogen and oxygen atoms in total. The maximum absolute atomic E-state index is 10.1. The molecule has 3 rings (SSSR count). The number of fused-ring (bicyclic) bond motifs is 1. The lowest BCUT2D eigenvalue weighted by molar-refractivity contribution is 0.0862. The second kappa shape index (κ2) is 9.19. The molecule has 3 fully saturated rings. The summed E-state index contributed by atoms with van der Waals surface area (Å²) in [6, 6.07) is 0. The van der Waals surface area contributed by atoms with Crippen molar-refractivity contribution < 1.29 is 10.2 Å². The zero-order valence-electron chi connectivity index (χ0n) is 19.8. The predicted molar refractivity (Wildman–Crippen MR) is 130 cm³/mol. The summed E-state index contributed by atoms with van der Waals surface area (Å²) in [5, 5.41) is 20.2. The van der Waals surface area contributed by atoms with E-state index < -0.39 is 20.3 Å². The van der Waals surface area contributed by atoms with Gasteiger partial charge < -0.3 is 10.2 Å². The van der Waals surface area contributed by atoms with Gasteiger partial charge in [-0.25, -0.2) is 0 Å². The van der Waals surface area contributed by atoms with Gasteiger partial charge in [-0.2, -0.15) is 0 Å². The van der Waals surface area contributed by atoms with Crippen molar-refractivity contribution in [1.82, 2.24) is 0 Å².